The van der Waals surface area contributed by atoms with Crippen LogP contribution in [0.5, 0.6) is 0 Å². The summed E-state index contributed by atoms with van der Waals surface area (Å²) in [5.74, 6) is 1.39. The van der Waals surface area contributed by atoms with Crippen molar-refractivity contribution in [3.05, 3.63) is 41.6 Å². The van der Waals surface area contributed by atoms with Crippen LogP contribution in [0.15, 0.2) is 36.5 Å². The maximum Gasteiger partial charge on any atom is 0.229 e. The number of rotatable bonds is 5. The van der Waals surface area contributed by atoms with Crippen LogP contribution < -0.4 is 10.6 Å². The number of benzene rings is 1. The lowest BCUT2D eigenvalue weighted by Gasteiger charge is -2.07. The van der Waals surface area contributed by atoms with E-state index in [-0.39, 0.29) is 0 Å². The van der Waals surface area contributed by atoms with Crippen molar-refractivity contribution in [3.63, 3.8) is 0 Å². The van der Waals surface area contributed by atoms with Gasteiger partial charge in [0, 0.05) is 23.5 Å². The van der Waals surface area contributed by atoms with Crippen LogP contribution >= 0.6 is 11.6 Å². The van der Waals surface area contributed by atoms with Gasteiger partial charge in [0.15, 0.2) is 0 Å². The number of hydrogen-bond donors (Lipinski definition) is 2. The fraction of sp³-hybridized carbons (Fsp3) is 0.231. The summed E-state index contributed by atoms with van der Waals surface area (Å²) >= 11 is 5.83. The number of hydrogen-bond acceptors (Lipinski definition) is 4. The molecule has 0 radical (unpaired) electrons. The van der Waals surface area contributed by atoms with Gasteiger partial charge in [-0.05, 0) is 36.8 Å². The zero-order valence-electron chi connectivity index (χ0n) is 10.2. The average molecular weight is 263 g/mol. The van der Waals surface area contributed by atoms with Gasteiger partial charge in [-0.3, -0.25) is 0 Å². The Bertz CT molecular complexity index is 499. The summed E-state index contributed by atoms with van der Waals surface area (Å²) in [7, 11) is 0. The van der Waals surface area contributed by atoms with E-state index >= 15 is 0 Å². The lowest BCUT2D eigenvalue weighted by molar-refractivity contribution is 0.966. The number of nitrogens with one attached hydrogen (secondary N) is 2. The summed E-state index contributed by atoms with van der Waals surface area (Å²) in [6.45, 7) is 3.01. The Morgan fingerprint density at radius 2 is 1.94 bits per heavy atom. The molecule has 2 aromatic rings. The summed E-state index contributed by atoms with van der Waals surface area (Å²) < 4.78 is 0. The molecule has 0 aliphatic rings. The monoisotopic (exact) mass is 262 g/mol. The first-order valence-corrected chi connectivity index (χ1v) is 6.25. The lowest BCUT2D eigenvalue weighted by atomic mass is 10.3. The highest BCUT2D eigenvalue weighted by atomic mass is 35.5. The Hall–Kier alpha value is -1.81. The van der Waals surface area contributed by atoms with E-state index in [0.29, 0.717) is 11.0 Å². The van der Waals surface area contributed by atoms with Gasteiger partial charge in [-0.15, -0.1) is 0 Å². The molecule has 2 rings (SSSR count). The van der Waals surface area contributed by atoms with Crippen LogP contribution in [0.2, 0.25) is 5.02 Å². The maximum atomic E-state index is 5.83. The molecule has 1 heterocycles. The third kappa shape index (κ3) is 3.60. The fourth-order valence-electron chi connectivity index (χ4n) is 1.43. The highest BCUT2D eigenvalue weighted by Crippen LogP contribution is 2.17. The van der Waals surface area contributed by atoms with Gasteiger partial charge in [-0.2, -0.15) is 4.98 Å². The van der Waals surface area contributed by atoms with Crippen LogP contribution in [0.25, 0.3) is 0 Å². The van der Waals surface area contributed by atoms with Gasteiger partial charge >= 0.3 is 0 Å². The van der Waals surface area contributed by atoms with Crippen LogP contribution in [-0.2, 0) is 0 Å². The Morgan fingerprint density at radius 1 is 1.17 bits per heavy atom. The van der Waals surface area contributed by atoms with Crippen LogP contribution in [0.3, 0.4) is 0 Å². The molecule has 0 bridgehead atoms. The molecule has 2 N–H and O–H groups in total. The second-order valence-electron chi connectivity index (χ2n) is 3.82. The summed E-state index contributed by atoms with van der Waals surface area (Å²) in [6.07, 6.45) is 2.78. The minimum Gasteiger partial charge on any atom is -0.370 e. The van der Waals surface area contributed by atoms with Gasteiger partial charge in [0.25, 0.3) is 0 Å². The second kappa shape index (κ2) is 6.21. The van der Waals surface area contributed by atoms with Crippen molar-refractivity contribution in [2.75, 3.05) is 17.2 Å². The van der Waals surface area contributed by atoms with Crippen LogP contribution in [-0.4, -0.2) is 16.5 Å². The van der Waals surface area contributed by atoms with Crippen LogP contribution in [0, 0.1) is 0 Å². The van der Waals surface area contributed by atoms with Crippen molar-refractivity contribution >= 4 is 29.1 Å². The molecule has 5 heteroatoms. The molecule has 0 saturated carbocycles. The second-order valence-corrected chi connectivity index (χ2v) is 4.26. The topological polar surface area (TPSA) is 49.8 Å². The molecular weight excluding hydrogens is 248 g/mol. The molecule has 0 unspecified atom stereocenters. The minimum atomic E-state index is 0.568. The smallest absolute Gasteiger partial charge is 0.229 e. The first kappa shape index (κ1) is 12.6. The van der Waals surface area contributed by atoms with Gasteiger partial charge < -0.3 is 10.6 Å². The Balaban J connectivity index is 2.06. The summed E-state index contributed by atoms with van der Waals surface area (Å²) in [6, 6.07) is 9.27. The highest BCUT2D eigenvalue weighted by molar-refractivity contribution is 6.30. The highest BCUT2D eigenvalue weighted by Gasteiger charge is 1.99. The van der Waals surface area contributed by atoms with E-state index in [2.05, 4.69) is 27.5 Å². The lowest BCUT2D eigenvalue weighted by Crippen LogP contribution is -2.04. The first-order chi connectivity index (χ1) is 8.78. The molecule has 18 heavy (non-hydrogen) atoms. The Morgan fingerprint density at radius 3 is 2.67 bits per heavy atom. The van der Waals surface area contributed by atoms with E-state index in [1.54, 1.807) is 6.20 Å². The molecule has 0 saturated heterocycles. The molecule has 0 atom stereocenters. The molecule has 94 valence electrons. The summed E-state index contributed by atoms with van der Waals surface area (Å²) in [4.78, 5) is 8.53. The van der Waals surface area contributed by atoms with Gasteiger partial charge in [0.05, 0.1) is 0 Å². The van der Waals surface area contributed by atoms with Crippen molar-refractivity contribution in [1.82, 2.24) is 9.97 Å². The number of halogens is 1. The van der Waals surface area contributed by atoms with E-state index in [9.17, 15) is 0 Å². The number of aromatic nitrogens is 2. The third-order valence-corrected chi connectivity index (χ3v) is 2.56. The van der Waals surface area contributed by atoms with Crippen molar-refractivity contribution < 1.29 is 0 Å². The maximum absolute atomic E-state index is 5.83. The SMILES string of the molecule is CCCNc1ccnc(Nc2ccc(Cl)cc2)n1. The first-order valence-electron chi connectivity index (χ1n) is 5.87. The van der Waals surface area contributed by atoms with Crippen molar-refractivity contribution in [3.8, 4) is 0 Å². The van der Waals surface area contributed by atoms with E-state index in [4.69, 9.17) is 11.6 Å². The molecule has 0 spiro atoms. The largest absolute Gasteiger partial charge is 0.370 e. The van der Waals surface area contributed by atoms with Crippen molar-refractivity contribution in [1.29, 1.82) is 0 Å². The zero-order chi connectivity index (χ0) is 12.8. The fourth-order valence-corrected chi connectivity index (χ4v) is 1.56. The van der Waals surface area contributed by atoms with Gasteiger partial charge in [-0.1, -0.05) is 18.5 Å². The zero-order valence-corrected chi connectivity index (χ0v) is 10.9. The quantitative estimate of drug-likeness (QED) is 0.863. The molecule has 0 aliphatic heterocycles. The van der Waals surface area contributed by atoms with E-state index in [0.717, 1.165) is 24.5 Å². The van der Waals surface area contributed by atoms with Gasteiger partial charge in [-0.25, -0.2) is 4.98 Å². The normalized spacial score (nSPS) is 10.1. The molecule has 0 fully saturated rings. The summed E-state index contributed by atoms with van der Waals surface area (Å²) in [5, 5.41) is 7.05. The van der Waals surface area contributed by atoms with Gasteiger partial charge in [0.1, 0.15) is 5.82 Å². The molecule has 4 nitrogen and oxygen atoms in total. The van der Waals surface area contributed by atoms with E-state index in [1.807, 2.05) is 30.3 Å². The molecule has 0 amide bonds. The van der Waals surface area contributed by atoms with Crippen LogP contribution in [0.4, 0.5) is 17.5 Å². The van der Waals surface area contributed by atoms with E-state index in [1.165, 1.54) is 0 Å². The predicted molar refractivity (Wildman–Crippen MR) is 75.5 cm³/mol. The number of anilines is 3. The summed E-state index contributed by atoms with van der Waals surface area (Å²) in [5.41, 5.74) is 0.909. The minimum absolute atomic E-state index is 0.568. The van der Waals surface area contributed by atoms with Crippen molar-refractivity contribution in [2.24, 2.45) is 0 Å². The van der Waals surface area contributed by atoms with Crippen LogP contribution in [0.1, 0.15) is 13.3 Å². The molecule has 1 aromatic heterocycles. The standard InChI is InChI=1S/C13H15ClN4/c1-2-8-15-12-7-9-16-13(18-12)17-11-5-3-10(14)4-6-11/h3-7,9H,2,8H2,1H3,(H2,15,16,17,18). The third-order valence-electron chi connectivity index (χ3n) is 2.31. The average Bonchev–Trinajstić information content (AvgIpc) is 2.40. The predicted octanol–water partition coefficient (Wildman–Crippen LogP) is 3.70. The van der Waals surface area contributed by atoms with Crippen molar-refractivity contribution in [2.45, 2.75) is 13.3 Å². The Kier molecular flexibility index (Phi) is 4.36. The molecule has 1 aromatic carbocycles. The Labute approximate surface area is 111 Å². The van der Waals surface area contributed by atoms with Gasteiger partial charge in [0.2, 0.25) is 5.95 Å². The molecule has 0 aliphatic carbocycles. The van der Waals surface area contributed by atoms with E-state index < -0.39 is 0 Å². The number of nitrogens with zero attached hydrogens (tertiary/aromatic N) is 2. The molecular formula is C13H15ClN4.